The number of benzene rings is 1. The molecule has 0 heterocycles. The Hall–Kier alpha value is -1.51. The molecule has 0 aliphatic heterocycles. The van der Waals surface area contributed by atoms with Gasteiger partial charge < -0.3 is 10.6 Å². The van der Waals surface area contributed by atoms with E-state index in [1.54, 1.807) is 0 Å². The molecule has 0 spiro atoms. The average molecular weight is 234 g/mol. The maximum Gasteiger partial charge on any atom is 0.253 e. The Kier molecular flexibility index (Phi) is 5.01. The molecule has 1 aromatic rings. The van der Waals surface area contributed by atoms with Crippen molar-refractivity contribution in [1.29, 1.82) is 0 Å². The molecule has 1 amide bonds. The van der Waals surface area contributed by atoms with E-state index in [1.165, 1.54) is 0 Å². The number of carbonyl (C=O) groups is 1. The molecule has 0 saturated heterocycles. The van der Waals surface area contributed by atoms with Gasteiger partial charge in [-0.2, -0.15) is 0 Å². The zero-order valence-electron chi connectivity index (χ0n) is 11.1. The van der Waals surface area contributed by atoms with Crippen molar-refractivity contribution < 1.29 is 4.79 Å². The Morgan fingerprint density at radius 1 is 1.41 bits per heavy atom. The van der Waals surface area contributed by atoms with Crippen molar-refractivity contribution in [3.63, 3.8) is 0 Å². The first kappa shape index (κ1) is 13.6. The van der Waals surface area contributed by atoms with Crippen LogP contribution in [0.4, 0.5) is 5.69 Å². The van der Waals surface area contributed by atoms with Crippen molar-refractivity contribution >= 4 is 11.6 Å². The second kappa shape index (κ2) is 6.28. The summed E-state index contributed by atoms with van der Waals surface area (Å²) in [5, 5.41) is 6.02. The summed E-state index contributed by atoms with van der Waals surface area (Å²) in [7, 11) is 1.83. The molecular weight excluding hydrogens is 212 g/mol. The van der Waals surface area contributed by atoms with Crippen LogP contribution in [0.3, 0.4) is 0 Å². The predicted octanol–water partition coefficient (Wildman–Crippen LogP) is 2.81. The lowest BCUT2D eigenvalue weighted by Gasteiger charge is -2.13. The monoisotopic (exact) mass is 234 g/mol. The van der Waals surface area contributed by atoms with E-state index in [0.717, 1.165) is 24.2 Å². The van der Waals surface area contributed by atoms with E-state index in [4.69, 9.17) is 0 Å². The van der Waals surface area contributed by atoms with Crippen molar-refractivity contribution in [1.82, 2.24) is 5.32 Å². The minimum absolute atomic E-state index is 0.00495. The lowest BCUT2D eigenvalue weighted by molar-refractivity contribution is 0.0948. The van der Waals surface area contributed by atoms with Gasteiger partial charge in [-0.1, -0.05) is 26.3 Å². The molecule has 1 unspecified atom stereocenters. The Morgan fingerprint density at radius 3 is 2.71 bits per heavy atom. The van der Waals surface area contributed by atoms with Crippen LogP contribution in [0, 0.1) is 12.8 Å². The van der Waals surface area contributed by atoms with E-state index in [1.807, 2.05) is 32.2 Å². The highest BCUT2D eigenvalue weighted by Crippen LogP contribution is 2.16. The summed E-state index contributed by atoms with van der Waals surface area (Å²) in [4.78, 5) is 12.0. The number of amides is 1. The second-order valence-electron chi connectivity index (χ2n) is 4.52. The maximum absolute atomic E-state index is 12.0. The van der Waals surface area contributed by atoms with E-state index < -0.39 is 0 Å². The van der Waals surface area contributed by atoms with E-state index in [0.29, 0.717) is 11.5 Å². The van der Waals surface area contributed by atoms with Gasteiger partial charge in [-0.15, -0.1) is 0 Å². The first-order valence-corrected chi connectivity index (χ1v) is 6.15. The van der Waals surface area contributed by atoms with Gasteiger partial charge in [-0.05, 0) is 30.5 Å². The number of nitrogens with one attached hydrogen (secondary N) is 2. The van der Waals surface area contributed by atoms with Crippen LogP contribution < -0.4 is 10.6 Å². The minimum atomic E-state index is -0.00495. The van der Waals surface area contributed by atoms with Gasteiger partial charge in [-0.3, -0.25) is 4.79 Å². The van der Waals surface area contributed by atoms with Gasteiger partial charge >= 0.3 is 0 Å². The number of anilines is 1. The second-order valence-corrected chi connectivity index (χ2v) is 4.52. The summed E-state index contributed by atoms with van der Waals surface area (Å²) >= 11 is 0. The molecule has 0 aliphatic carbocycles. The van der Waals surface area contributed by atoms with Gasteiger partial charge in [0.25, 0.3) is 5.91 Å². The molecule has 0 aromatic heterocycles. The molecule has 2 N–H and O–H groups in total. The molecule has 0 radical (unpaired) electrons. The largest absolute Gasteiger partial charge is 0.387 e. The number of carbonyl (C=O) groups excluding carboxylic acids is 1. The fraction of sp³-hybridized carbons (Fsp3) is 0.500. The van der Waals surface area contributed by atoms with Gasteiger partial charge in [-0.25, -0.2) is 0 Å². The Labute approximate surface area is 104 Å². The zero-order valence-corrected chi connectivity index (χ0v) is 11.1. The van der Waals surface area contributed by atoms with Crippen LogP contribution in [0.5, 0.6) is 0 Å². The lowest BCUT2D eigenvalue weighted by Crippen LogP contribution is -2.28. The minimum Gasteiger partial charge on any atom is -0.387 e. The normalized spacial score (nSPS) is 12.0. The predicted molar refractivity (Wildman–Crippen MR) is 72.5 cm³/mol. The molecule has 94 valence electrons. The molecule has 3 heteroatoms. The first-order chi connectivity index (χ1) is 8.08. The highest BCUT2D eigenvalue weighted by molar-refractivity contribution is 5.99. The zero-order chi connectivity index (χ0) is 12.8. The average Bonchev–Trinajstić information content (AvgIpc) is 2.35. The summed E-state index contributed by atoms with van der Waals surface area (Å²) < 4.78 is 0. The molecule has 0 aliphatic rings. The van der Waals surface area contributed by atoms with E-state index in [9.17, 15) is 4.79 Å². The highest BCUT2D eigenvalue weighted by atomic mass is 16.1. The fourth-order valence-corrected chi connectivity index (χ4v) is 1.57. The van der Waals surface area contributed by atoms with Crippen LogP contribution in [0.25, 0.3) is 0 Å². The highest BCUT2D eigenvalue weighted by Gasteiger charge is 2.11. The molecule has 0 saturated carbocycles. The summed E-state index contributed by atoms with van der Waals surface area (Å²) in [5.74, 6) is 0.511. The standard InChI is InChI=1S/C14H22N2O/c1-5-10(2)9-16-14(17)12-7-6-11(3)8-13(12)15-4/h6-8,10,15H,5,9H2,1-4H3,(H,16,17). The maximum atomic E-state index is 12.0. The number of hydrogen-bond acceptors (Lipinski definition) is 2. The Morgan fingerprint density at radius 2 is 2.12 bits per heavy atom. The first-order valence-electron chi connectivity index (χ1n) is 6.15. The summed E-state index contributed by atoms with van der Waals surface area (Å²) in [5.41, 5.74) is 2.74. The molecule has 1 atom stereocenters. The molecule has 17 heavy (non-hydrogen) atoms. The number of rotatable bonds is 5. The summed E-state index contributed by atoms with van der Waals surface area (Å²) in [6.07, 6.45) is 1.08. The van der Waals surface area contributed by atoms with Crippen LogP contribution >= 0.6 is 0 Å². The Bertz CT molecular complexity index is 388. The van der Waals surface area contributed by atoms with Crippen molar-refractivity contribution in [2.45, 2.75) is 27.2 Å². The molecular formula is C14H22N2O. The third-order valence-electron chi connectivity index (χ3n) is 3.00. The molecule has 0 fully saturated rings. The number of hydrogen-bond donors (Lipinski definition) is 2. The Balaban J connectivity index is 2.75. The van der Waals surface area contributed by atoms with Crippen molar-refractivity contribution in [2.24, 2.45) is 5.92 Å². The van der Waals surface area contributed by atoms with Crippen LogP contribution in [-0.4, -0.2) is 19.5 Å². The van der Waals surface area contributed by atoms with E-state index in [2.05, 4.69) is 24.5 Å². The smallest absolute Gasteiger partial charge is 0.253 e. The molecule has 1 aromatic carbocycles. The third-order valence-corrected chi connectivity index (χ3v) is 3.00. The number of aryl methyl sites for hydroxylation is 1. The summed E-state index contributed by atoms with van der Waals surface area (Å²) in [6.45, 7) is 7.00. The fourth-order valence-electron chi connectivity index (χ4n) is 1.57. The topological polar surface area (TPSA) is 41.1 Å². The van der Waals surface area contributed by atoms with E-state index >= 15 is 0 Å². The quantitative estimate of drug-likeness (QED) is 0.822. The molecule has 0 bridgehead atoms. The molecule has 3 nitrogen and oxygen atoms in total. The lowest BCUT2D eigenvalue weighted by atomic mass is 10.1. The third kappa shape index (κ3) is 3.77. The van der Waals surface area contributed by atoms with Crippen LogP contribution in [-0.2, 0) is 0 Å². The van der Waals surface area contributed by atoms with Gasteiger partial charge in [0.05, 0.1) is 5.56 Å². The summed E-state index contributed by atoms with van der Waals surface area (Å²) in [6, 6.07) is 5.81. The SMILES string of the molecule is CCC(C)CNC(=O)c1ccc(C)cc1NC. The molecule has 1 rings (SSSR count). The van der Waals surface area contributed by atoms with Crippen LogP contribution in [0.2, 0.25) is 0 Å². The van der Waals surface area contributed by atoms with Crippen molar-refractivity contribution in [2.75, 3.05) is 18.9 Å². The van der Waals surface area contributed by atoms with Crippen LogP contribution in [0.1, 0.15) is 36.2 Å². The van der Waals surface area contributed by atoms with Crippen molar-refractivity contribution in [3.05, 3.63) is 29.3 Å². The van der Waals surface area contributed by atoms with Gasteiger partial charge in [0, 0.05) is 19.3 Å². The van der Waals surface area contributed by atoms with Gasteiger partial charge in [0.1, 0.15) is 0 Å². The van der Waals surface area contributed by atoms with Gasteiger partial charge in [0.2, 0.25) is 0 Å². The van der Waals surface area contributed by atoms with Crippen molar-refractivity contribution in [3.8, 4) is 0 Å². The van der Waals surface area contributed by atoms with Crippen LogP contribution in [0.15, 0.2) is 18.2 Å². The van der Waals surface area contributed by atoms with E-state index in [-0.39, 0.29) is 5.91 Å². The van der Waals surface area contributed by atoms with Gasteiger partial charge in [0.15, 0.2) is 0 Å².